The maximum absolute atomic E-state index is 12.2. The van der Waals surface area contributed by atoms with Crippen LogP contribution in [0.3, 0.4) is 0 Å². The van der Waals surface area contributed by atoms with Crippen molar-refractivity contribution < 1.29 is 9.15 Å². The Bertz CT molecular complexity index is 1040. The van der Waals surface area contributed by atoms with Gasteiger partial charge in [-0.2, -0.15) is 4.52 Å². The van der Waals surface area contributed by atoms with Crippen LogP contribution in [0.2, 0.25) is 5.02 Å². The van der Waals surface area contributed by atoms with Crippen LogP contribution in [0.1, 0.15) is 5.69 Å². The Labute approximate surface area is 144 Å². The van der Waals surface area contributed by atoms with Gasteiger partial charge >= 0.3 is 0 Å². The number of furan rings is 1. The predicted molar refractivity (Wildman–Crippen MR) is 90.6 cm³/mol. The standard InChI is InChI=1S/C16H10ClN3O3S/c17-10-3-5-12(6-4-10)23-9-11-8-14(21)20-16(18-11)24-15(19-20)13-2-1-7-22-13/h1-8H,9H2. The predicted octanol–water partition coefficient (Wildman–Crippen LogP) is 3.64. The number of halogens is 1. The summed E-state index contributed by atoms with van der Waals surface area (Å²) in [5, 5.41) is 5.47. The number of hydrogen-bond donors (Lipinski definition) is 0. The molecular weight excluding hydrogens is 350 g/mol. The van der Waals surface area contributed by atoms with E-state index in [9.17, 15) is 4.79 Å². The van der Waals surface area contributed by atoms with Gasteiger partial charge in [-0.25, -0.2) is 4.98 Å². The number of fused-ring (bicyclic) bond motifs is 1. The van der Waals surface area contributed by atoms with Gasteiger partial charge in [0.25, 0.3) is 5.56 Å². The van der Waals surface area contributed by atoms with Crippen LogP contribution in [0.5, 0.6) is 5.75 Å². The minimum absolute atomic E-state index is 0.182. The topological polar surface area (TPSA) is 69.6 Å². The molecule has 0 radical (unpaired) electrons. The second kappa shape index (κ2) is 6.10. The summed E-state index contributed by atoms with van der Waals surface area (Å²) in [6.45, 7) is 0.182. The maximum Gasteiger partial charge on any atom is 0.275 e. The molecule has 4 aromatic rings. The summed E-state index contributed by atoms with van der Waals surface area (Å²) in [5.74, 6) is 1.26. The lowest BCUT2D eigenvalue weighted by atomic mass is 10.3. The Morgan fingerprint density at radius 2 is 2.08 bits per heavy atom. The van der Waals surface area contributed by atoms with Crippen LogP contribution in [0.25, 0.3) is 15.7 Å². The van der Waals surface area contributed by atoms with Gasteiger partial charge in [0.15, 0.2) is 10.8 Å². The van der Waals surface area contributed by atoms with Crippen molar-refractivity contribution in [1.29, 1.82) is 0 Å². The maximum atomic E-state index is 12.2. The third-order valence-electron chi connectivity index (χ3n) is 3.23. The van der Waals surface area contributed by atoms with Gasteiger partial charge in [-0.05, 0) is 36.4 Å². The average Bonchev–Trinajstić information content (AvgIpc) is 3.23. The third-order valence-corrected chi connectivity index (χ3v) is 4.41. The van der Waals surface area contributed by atoms with E-state index >= 15 is 0 Å². The average molecular weight is 360 g/mol. The van der Waals surface area contributed by atoms with Crippen LogP contribution in [0.4, 0.5) is 0 Å². The molecule has 8 heteroatoms. The Morgan fingerprint density at radius 3 is 2.83 bits per heavy atom. The molecule has 0 spiro atoms. The van der Waals surface area contributed by atoms with Crippen LogP contribution < -0.4 is 10.3 Å². The molecule has 0 unspecified atom stereocenters. The van der Waals surface area contributed by atoms with E-state index in [0.717, 1.165) is 0 Å². The summed E-state index contributed by atoms with van der Waals surface area (Å²) in [6, 6.07) is 12.0. The molecule has 3 heterocycles. The van der Waals surface area contributed by atoms with Crippen LogP contribution >= 0.6 is 22.9 Å². The molecule has 4 rings (SSSR count). The summed E-state index contributed by atoms with van der Waals surface area (Å²) in [6.07, 6.45) is 1.56. The van der Waals surface area contributed by atoms with E-state index < -0.39 is 0 Å². The molecule has 24 heavy (non-hydrogen) atoms. The van der Waals surface area contributed by atoms with Gasteiger partial charge in [-0.1, -0.05) is 22.9 Å². The first-order valence-corrected chi connectivity index (χ1v) is 8.20. The Kier molecular flexibility index (Phi) is 3.79. The molecule has 0 saturated carbocycles. The van der Waals surface area contributed by atoms with Gasteiger partial charge in [-0.15, -0.1) is 5.10 Å². The smallest absolute Gasteiger partial charge is 0.275 e. The van der Waals surface area contributed by atoms with Gasteiger partial charge in [0.1, 0.15) is 12.4 Å². The fourth-order valence-corrected chi connectivity index (χ4v) is 3.14. The Morgan fingerprint density at radius 1 is 1.25 bits per heavy atom. The molecule has 0 aliphatic heterocycles. The molecule has 6 nitrogen and oxygen atoms in total. The van der Waals surface area contributed by atoms with Crippen LogP contribution in [0.15, 0.2) is 57.9 Å². The fraction of sp³-hybridized carbons (Fsp3) is 0.0625. The lowest BCUT2D eigenvalue weighted by molar-refractivity contribution is 0.301. The quantitative estimate of drug-likeness (QED) is 0.556. The highest BCUT2D eigenvalue weighted by Crippen LogP contribution is 2.24. The highest BCUT2D eigenvalue weighted by Gasteiger charge is 2.12. The van der Waals surface area contributed by atoms with E-state index in [1.807, 2.05) is 0 Å². The lowest BCUT2D eigenvalue weighted by Crippen LogP contribution is -2.16. The summed E-state index contributed by atoms with van der Waals surface area (Å²) in [5.41, 5.74) is 0.272. The second-order valence-corrected chi connectivity index (χ2v) is 6.30. The molecule has 0 saturated heterocycles. The molecule has 0 amide bonds. The Hall–Kier alpha value is -2.64. The highest BCUT2D eigenvalue weighted by atomic mass is 35.5. The lowest BCUT2D eigenvalue weighted by Gasteiger charge is -2.05. The van der Waals surface area contributed by atoms with Gasteiger partial charge in [-0.3, -0.25) is 4.79 Å². The molecule has 0 fully saturated rings. The van der Waals surface area contributed by atoms with E-state index in [0.29, 0.717) is 32.2 Å². The first kappa shape index (κ1) is 14.9. The van der Waals surface area contributed by atoms with Crippen molar-refractivity contribution in [3.63, 3.8) is 0 Å². The van der Waals surface area contributed by atoms with Crippen LogP contribution in [-0.4, -0.2) is 14.6 Å². The van der Waals surface area contributed by atoms with Crippen molar-refractivity contribution in [2.24, 2.45) is 0 Å². The molecule has 0 N–H and O–H groups in total. The minimum Gasteiger partial charge on any atom is -0.487 e. The first-order valence-electron chi connectivity index (χ1n) is 7.01. The van der Waals surface area contributed by atoms with Crippen molar-refractivity contribution in [2.75, 3.05) is 0 Å². The zero-order chi connectivity index (χ0) is 16.5. The van der Waals surface area contributed by atoms with Crippen molar-refractivity contribution in [3.05, 3.63) is 69.8 Å². The molecular formula is C16H10ClN3O3S. The molecule has 0 atom stereocenters. The zero-order valence-corrected chi connectivity index (χ0v) is 13.8. The SMILES string of the molecule is O=c1cc(COc2ccc(Cl)cc2)nc2sc(-c3ccco3)nn12. The van der Waals surface area contributed by atoms with Crippen LogP contribution in [0, 0.1) is 0 Å². The van der Waals surface area contributed by atoms with Crippen molar-refractivity contribution in [3.8, 4) is 16.5 Å². The van der Waals surface area contributed by atoms with E-state index in [4.69, 9.17) is 20.8 Å². The minimum atomic E-state index is -0.260. The van der Waals surface area contributed by atoms with Gasteiger partial charge in [0.2, 0.25) is 4.96 Å². The number of aromatic nitrogens is 3. The monoisotopic (exact) mass is 359 g/mol. The van der Waals surface area contributed by atoms with E-state index in [1.165, 1.54) is 21.9 Å². The van der Waals surface area contributed by atoms with Crippen molar-refractivity contribution in [2.45, 2.75) is 6.61 Å². The molecule has 0 bridgehead atoms. The summed E-state index contributed by atoms with van der Waals surface area (Å²) in [7, 11) is 0. The molecule has 0 aliphatic rings. The van der Waals surface area contributed by atoms with E-state index in [2.05, 4.69) is 10.1 Å². The number of rotatable bonds is 4. The third kappa shape index (κ3) is 2.91. The van der Waals surface area contributed by atoms with Crippen molar-refractivity contribution >= 4 is 27.9 Å². The number of nitrogens with zero attached hydrogens (tertiary/aromatic N) is 3. The first-order chi connectivity index (χ1) is 11.7. The largest absolute Gasteiger partial charge is 0.487 e. The van der Waals surface area contributed by atoms with E-state index in [1.54, 1.807) is 42.7 Å². The van der Waals surface area contributed by atoms with Crippen molar-refractivity contribution in [1.82, 2.24) is 14.6 Å². The molecule has 3 aromatic heterocycles. The second-order valence-electron chi connectivity index (χ2n) is 4.91. The number of benzene rings is 1. The van der Waals surface area contributed by atoms with Crippen LogP contribution in [-0.2, 0) is 6.61 Å². The molecule has 0 aliphatic carbocycles. The molecule has 1 aromatic carbocycles. The number of hydrogen-bond acceptors (Lipinski definition) is 6. The molecule has 120 valence electrons. The summed E-state index contributed by atoms with van der Waals surface area (Å²) >= 11 is 7.12. The fourth-order valence-electron chi connectivity index (χ4n) is 2.12. The van der Waals surface area contributed by atoms with Gasteiger partial charge in [0.05, 0.1) is 12.0 Å². The normalized spacial score (nSPS) is 11.0. The zero-order valence-electron chi connectivity index (χ0n) is 12.2. The highest BCUT2D eigenvalue weighted by molar-refractivity contribution is 7.19. The van der Waals surface area contributed by atoms with E-state index in [-0.39, 0.29) is 12.2 Å². The van der Waals surface area contributed by atoms with Gasteiger partial charge in [0, 0.05) is 11.1 Å². The number of ether oxygens (including phenoxy) is 1. The summed E-state index contributed by atoms with van der Waals surface area (Å²) in [4.78, 5) is 17.1. The Balaban J connectivity index is 1.62. The summed E-state index contributed by atoms with van der Waals surface area (Å²) < 4.78 is 12.2. The van der Waals surface area contributed by atoms with Gasteiger partial charge < -0.3 is 9.15 Å².